The molecule has 28 heavy (non-hydrogen) atoms. The number of amides is 1. The van der Waals surface area contributed by atoms with Crippen LogP contribution >= 0.6 is 23.2 Å². The van der Waals surface area contributed by atoms with Crippen LogP contribution in [0.5, 0.6) is 0 Å². The molecule has 0 bridgehead atoms. The molecule has 3 rings (SSSR count). The van der Waals surface area contributed by atoms with Crippen molar-refractivity contribution < 1.29 is 19.1 Å². The number of hydrogen-bond acceptors (Lipinski definition) is 4. The summed E-state index contributed by atoms with van der Waals surface area (Å²) in [6.45, 7) is 2.88. The first kappa shape index (κ1) is 19.9. The summed E-state index contributed by atoms with van der Waals surface area (Å²) in [5, 5.41) is 3.78. The van der Waals surface area contributed by atoms with Gasteiger partial charge in [0.1, 0.15) is 5.69 Å². The van der Waals surface area contributed by atoms with Crippen molar-refractivity contribution in [1.29, 1.82) is 0 Å². The van der Waals surface area contributed by atoms with Gasteiger partial charge < -0.3 is 15.0 Å². The lowest BCUT2D eigenvalue weighted by Crippen LogP contribution is -2.11. The molecule has 0 saturated heterocycles. The van der Waals surface area contributed by atoms with Crippen molar-refractivity contribution in [3.8, 4) is 0 Å². The smallest absolute Gasteiger partial charge is 0.339 e. The zero-order valence-electron chi connectivity index (χ0n) is 15.0. The Balaban J connectivity index is 2.10. The molecule has 0 saturated carbocycles. The normalized spacial score (nSPS) is 11.9. The van der Waals surface area contributed by atoms with Crippen LogP contribution in [0, 0.1) is 0 Å². The SMILES string of the molecule is CC(=O)Nc1c(C(=O)c2ccc(Cl)cc2)[nH]c2cc(C(=O)OC(C)Cl)ccc12. The first-order valence-electron chi connectivity index (χ1n) is 8.35. The number of carbonyl (C=O) groups excluding carboxylic acids is 3. The third-order valence-corrected chi connectivity index (χ3v) is 4.28. The molecule has 2 aromatic carbocycles. The van der Waals surface area contributed by atoms with Gasteiger partial charge in [0, 0.05) is 28.4 Å². The van der Waals surface area contributed by atoms with Crippen LogP contribution in [0.1, 0.15) is 40.3 Å². The lowest BCUT2D eigenvalue weighted by atomic mass is 10.1. The molecule has 0 spiro atoms. The summed E-state index contributed by atoms with van der Waals surface area (Å²) in [5.41, 5.74) is 0.928. The molecular weight excluding hydrogens is 403 g/mol. The fourth-order valence-corrected chi connectivity index (χ4v) is 2.97. The number of H-pyrrole nitrogens is 1. The number of alkyl halides is 1. The summed E-state index contributed by atoms with van der Waals surface area (Å²) >= 11 is 11.6. The maximum Gasteiger partial charge on any atom is 0.339 e. The van der Waals surface area contributed by atoms with Crippen molar-refractivity contribution in [3.63, 3.8) is 0 Å². The largest absolute Gasteiger partial charge is 0.443 e. The number of fused-ring (bicyclic) bond motifs is 1. The second-order valence-corrected chi connectivity index (χ2v) is 7.15. The van der Waals surface area contributed by atoms with E-state index >= 15 is 0 Å². The minimum atomic E-state index is -0.774. The zero-order valence-corrected chi connectivity index (χ0v) is 16.5. The van der Waals surface area contributed by atoms with Gasteiger partial charge in [-0.15, -0.1) is 0 Å². The van der Waals surface area contributed by atoms with Crippen molar-refractivity contribution in [2.24, 2.45) is 0 Å². The van der Waals surface area contributed by atoms with E-state index in [1.54, 1.807) is 42.5 Å². The van der Waals surface area contributed by atoms with E-state index in [0.717, 1.165) is 0 Å². The van der Waals surface area contributed by atoms with E-state index < -0.39 is 11.5 Å². The van der Waals surface area contributed by atoms with E-state index in [-0.39, 0.29) is 22.9 Å². The zero-order chi connectivity index (χ0) is 20.4. The quantitative estimate of drug-likeness (QED) is 0.355. The molecule has 1 aromatic heterocycles. The van der Waals surface area contributed by atoms with Crippen LogP contribution in [0.3, 0.4) is 0 Å². The summed E-state index contributed by atoms with van der Waals surface area (Å²) in [6.07, 6.45) is 0. The maximum atomic E-state index is 13.0. The molecule has 8 heteroatoms. The van der Waals surface area contributed by atoms with Gasteiger partial charge in [-0.25, -0.2) is 4.79 Å². The highest BCUT2D eigenvalue weighted by Crippen LogP contribution is 2.31. The van der Waals surface area contributed by atoms with Gasteiger partial charge in [-0.05, 0) is 49.4 Å². The monoisotopic (exact) mass is 418 g/mol. The van der Waals surface area contributed by atoms with Gasteiger partial charge in [0.15, 0.2) is 5.56 Å². The van der Waals surface area contributed by atoms with Crippen LogP contribution in [0.2, 0.25) is 5.02 Å². The molecule has 0 aliphatic carbocycles. The number of ketones is 1. The first-order chi connectivity index (χ1) is 13.3. The highest BCUT2D eigenvalue weighted by atomic mass is 35.5. The third-order valence-electron chi connectivity index (χ3n) is 3.94. The van der Waals surface area contributed by atoms with Crippen LogP contribution < -0.4 is 5.32 Å². The third kappa shape index (κ3) is 4.18. The Bertz CT molecular complexity index is 1070. The summed E-state index contributed by atoms with van der Waals surface area (Å²) in [5.74, 6) is -1.24. The van der Waals surface area contributed by atoms with Gasteiger partial charge >= 0.3 is 5.97 Å². The Kier molecular flexibility index (Phi) is 5.72. The number of halogens is 2. The molecule has 6 nitrogen and oxygen atoms in total. The van der Waals surface area contributed by atoms with Crippen molar-refractivity contribution in [1.82, 2.24) is 4.98 Å². The average molecular weight is 419 g/mol. The molecule has 0 aliphatic rings. The fourth-order valence-electron chi connectivity index (χ4n) is 2.76. The molecular formula is C20H16Cl2N2O4. The molecule has 1 atom stereocenters. The molecule has 3 aromatic rings. The molecule has 0 radical (unpaired) electrons. The van der Waals surface area contributed by atoms with Crippen LogP contribution in [-0.4, -0.2) is 28.2 Å². The first-order valence-corrected chi connectivity index (χ1v) is 9.16. The van der Waals surface area contributed by atoms with Crippen LogP contribution in [0.25, 0.3) is 10.9 Å². The highest BCUT2D eigenvalue weighted by Gasteiger charge is 2.21. The number of nitrogens with one attached hydrogen (secondary N) is 2. The lowest BCUT2D eigenvalue weighted by Gasteiger charge is -2.06. The second kappa shape index (κ2) is 8.04. The topological polar surface area (TPSA) is 88.3 Å². The van der Waals surface area contributed by atoms with Crippen molar-refractivity contribution in [2.45, 2.75) is 19.4 Å². The molecule has 144 valence electrons. The number of aromatic nitrogens is 1. The Labute approximate surface area is 170 Å². The Morgan fingerprint density at radius 3 is 2.32 bits per heavy atom. The van der Waals surface area contributed by atoms with Crippen LogP contribution in [0.4, 0.5) is 5.69 Å². The highest BCUT2D eigenvalue weighted by molar-refractivity contribution is 6.30. The van der Waals surface area contributed by atoms with E-state index in [4.69, 9.17) is 27.9 Å². The number of ether oxygens (including phenoxy) is 1. The van der Waals surface area contributed by atoms with Crippen LogP contribution in [-0.2, 0) is 9.53 Å². The molecule has 1 amide bonds. The predicted molar refractivity (Wildman–Crippen MR) is 108 cm³/mol. The van der Waals surface area contributed by atoms with E-state index in [0.29, 0.717) is 27.2 Å². The molecule has 2 N–H and O–H groups in total. The van der Waals surface area contributed by atoms with E-state index in [9.17, 15) is 14.4 Å². The van der Waals surface area contributed by atoms with Gasteiger partial charge in [0.25, 0.3) is 0 Å². The van der Waals surface area contributed by atoms with Gasteiger partial charge in [-0.2, -0.15) is 0 Å². The number of esters is 1. The van der Waals surface area contributed by atoms with Gasteiger partial charge in [0.2, 0.25) is 11.7 Å². The minimum Gasteiger partial charge on any atom is -0.443 e. The summed E-state index contributed by atoms with van der Waals surface area (Å²) < 4.78 is 4.98. The summed E-state index contributed by atoms with van der Waals surface area (Å²) in [4.78, 5) is 39.7. The second-order valence-electron chi connectivity index (χ2n) is 6.10. The van der Waals surface area contributed by atoms with E-state index in [2.05, 4.69) is 10.3 Å². The van der Waals surface area contributed by atoms with Gasteiger partial charge in [0.05, 0.1) is 11.3 Å². The summed E-state index contributed by atoms with van der Waals surface area (Å²) in [6, 6.07) is 11.1. The number of hydrogen-bond donors (Lipinski definition) is 2. The molecule has 0 aliphatic heterocycles. The maximum absolute atomic E-state index is 13.0. The van der Waals surface area contributed by atoms with Crippen molar-refractivity contribution >= 4 is 57.5 Å². The Morgan fingerprint density at radius 1 is 1.07 bits per heavy atom. The van der Waals surface area contributed by atoms with Crippen molar-refractivity contribution in [2.75, 3.05) is 5.32 Å². The number of anilines is 1. The van der Waals surface area contributed by atoms with E-state index in [1.807, 2.05) is 0 Å². The van der Waals surface area contributed by atoms with Gasteiger partial charge in [-0.1, -0.05) is 23.2 Å². The fraction of sp³-hybridized carbons (Fsp3) is 0.150. The molecule has 0 fully saturated rings. The van der Waals surface area contributed by atoms with E-state index in [1.165, 1.54) is 13.8 Å². The number of carbonyl (C=O) groups is 3. The Hall–Kier alpha value is -2.83. The lowest BCUT2D eigenvalue weighted by molar-refractivity contribution is -0.114. The molecule has 1 heterocycles. The predicted octanol–water partition coefficient (Wildman–Crippen LogP) is 4.75. The summed E-state index contributed by atoms with van der Waals surface area (Å²) in [7, 11) is 0. The number of rotatable bonds is 5. The standard InChI is InChI=1S/C20H16Cl2N2O4/c1-10(21)28-20(27)13-5-8-15-16(9-13)24-18(17(15)23-11(2)25)19(26)12-3-6-14(22)7-4-12/h3-10,24H,1-2H3,(H,23,25). The van der Waals surface area contributed by atoms with Gasteiger partial charge in [-0.3, -0.25) is 9.59 Å². The van der Waals surface area contributed by atoms with Crippen LogP contribution in [0.15, 0.2) is 42.5 Å². The minimum absolute atomic E-state index is 0.198. The number of benzene rings is 2. The van der Waals surface area contributed by atoms with Crippen molar-refractivity contribution in [3.05, 3.63) is 64.3 Å². The Morgan fingerprint density at radius 2 is 1.71 bits per heavy atom. The number of aromatic amines is 1. The average Bonchev–Trinajstić information content (AvgIpc) is 2.98. The molecule has 1 unspecified atom stereocenters.